The zero-order valence-corrected chi connectivity index (χ0v) is 12.8. The molecular weight excluding hydrogens is 280 g/mol. The number of hydroxylamine groups is 1. The first kappa shape index (κ1) is 15.3. The Kier molecular flexibility index (Phi) is 4.64. The topological polar surface area (TPSA) is 70.6 Å². The molecule has 1 saturated carbocycles. The third-order valence-corrected chi connectivity index (χ3v) is 4.72. The summed E-state index contributed by atoms with van der Waals surface area (Å²) < 4.78 is 0. The van der Waals surface area contributed by atoms with Crippen molar-refractivity contribution in [3.63, 3.8) is 0 Å². The number of aliphatic hydroxyl groups is 1. The molecule has 1 aromatic carbocycles. The van der Waals surface area contributed by atoms with Gasteiger partial charge < -0.3 is 10.4 Å². The summed E-state index contributed by atoms with van der Waals surface area (Å²) in [5, 5.41) is 13.6. The van der Waals surface area contributed by atoms with Crippen molar-refractivity contribution in [2.45, 2.75) is 56.7 Å². The van der Waals surface area contributed by atoms with E-state index in [0.717, 1.165) is 44.1 Å². The van der Waals surface area contributed by atoms with Crippen LogP contribution < -0.4 is 10.8 Å². The van der Waals surface area contributed by atoms with Crippen molar-refractivity contribution in [3.8, 4) is 0 Å². The molecule has 0 spiro atoms. The minimum atomic E-state index is -0.987. The van der Waals surface area contributed by atoms with Crippen LogP contribution in [0.25, 0.3) is 0 Å². The molecule has 2 amide bonds. The van der Waals surface area contributed by atoms with Gasteiger partial charge >= 0.3 is 6.03 Å². The summed E-state index contributed by atoms with van der Waals surface area (Å²) in [6.45, 7) is 0.198. The molecule has 1 fully saturated rings. The van der Waals surface area contributed by atoms with Crippen molar-refractivity contribution >= 4 is 6.03 Å². The number of amides is 2. The molecule has 1 unspecified atom stereocenters. The van der Waals surface area contributed by atoms with Gasteiger partial charge in [0.15, 0.2) is 0 Å². The van der Waals surface area contributed by atoms with Crippen LogP contribution in [0.2, 0.25) is 0 Å². The summed E-state index contributed by atoms with van der Waals surface area (Å²) in [5.41, 5.74) is 3.55. The fourth-order valence-electron chi connectivity index (χ4n) is 3.49. The van der Waals surface area contributed by atoms with E-state index in [1.165, 1.54) is 5.56 Å². The molecule has 3 rings (SSSR count). The minimum absolute atomic E-state index is 0.129. The summed E-state index contributed by atoms with van der Waals surface area (Å²) in [6, 6.07) is 7.52. The summed E-state index contributed by atoms with van der Waals surface area (Å²) in [6.07, 6.45) is 7.01. The summed E-state index contributed by atoms with van der Waals surface area (Å²) in [4.78, 5) is 17.2. The molecule has 0 saturated heterocycles. The van der Waals surface area contributed by atoms with Crippen molar-refractivity contribution in [1.82, 2.24) is 10.8 Å². The Morgan fingerprint density at radius 3 is 2.86 bits per heavy atom. The quantitative estimate of drug-likeness (QED) is 0.748. The molecule has 0 aromatic heterocycles. The molecular formula is C17H24N2O3. The Morgan fingerprint density at radius 2 is 2.05 bits per heavy atom. The van der Waals surface area contributed by atoms with E-state index in [1.807, 2.05) is 24.3 Å². The highest BCUT2D eigenvalue weighted by Crippen LogP contribution is 2.34. The number of carbonyl (C=O) groups excluding carboxylic acids is 1. The van der Waals surface area contributed by atoms with Gasteiger partial charge in [-0.15, -0.1) is 0 Å². The van der Waals surface area contributed by atoms with Gasteiger partial charge in [0.25, 0.3) is 0 Å². The number of fused-ring (bicyclic) bond motifs is 1. The third-order valence-electron chi connectivity index (χ3n) is 4.72. The first-order chi connectivity index (χ1) is 10.7. The molecule has 2 aliphatic carbocycles. The molecule has 0 heterocycles. The number of carbonyl (C=O) groups is 1. The van der Waals surface area contributed by atoms with E-state index in [9.17, 15) is 9.90 Å². The SMILES string of the molecule is O=C(NCC1(O)CCCc2ccccc21)NOC1CCCC1. The summed E-state index contributed by atoms with van der Waals surface area (Å²) in [5.74, 6) is 0. The lowest BCUT2D eigenvalue weighted by Gasteiger charge is -2.34. The molecule has 2 aliphatic rings. The highest BCUT2D eigenvalue weighted by molar-refractivity contribution is 5.72. The number of benzene rings is 1. The average Bonchev–Trinajstić information content (AvgIpc) is 3.05. The van der Waals surface area contributed by atoms with Gasteiger partial charge in [0.1, 0.15) is 5.60 Å². The van der Waals surface area contributed by atoms with E-state index in [4.69, 9.17) is 4.84 Å². The van der Waals surface area contributed by atoms with E-state index in [-0.39, 0.29) is 18.7 Å². The molecule has 0 aliphatic heterocycles. The monoisotopic (exact) mass is 304 g/mol. The van der Waals surface area contributed by atoms with E-state index in [1.54, 1.807) is 0 Å². The van der Waals surface area contributed by atoms with Crippen molar-refractivity contribution in [2.24, 2.45) is 0 Å². The van der Waals surface area contributed by atoms with Crippen molar-refractivity contribution in [1.29, 1.82) is 0 Å². The summed E-state index contributed by atoms with van der Waals surface area (Å²) >= 11 is 0. The number of nitrogens with one attached hydrogen (secondary N) is 2. The minimum Gasteiger partial charge on any atom is -0.383 e. The fourth-order valence-corrected chi connectivity index (χ4v) is 3.49. The number of urea groups is 1. The molecule has 5 heteroatoms. The van der Waals surface area contributed by atoms with Gasteiger partial charge in [-0.25, -0.2) is 10.3 Å². The largest absolute Gasteiger partial charge is 0.383 e. The van der Waals surface area contributed by atoms with Gasteiger partial charge in [0.2, 0.25) is 0 Å². The van der Waals surface area contributed by atoms with Gasteiger partial charge in [-0.2, -0.15) is 0 Å². The first-order valence-corrected chi connectivity index (χ1v) is 8.18. The highest BCUT2D eigenvalue weighted by Gasteiger charge is 2.34. The first-order valence-electron chi connectivity index (χ1n) is 8.18. The number of hydrogen-bond donors (Lipinski definition) is 3. The normalized spacial score (nSPS) is 24.8. The molecule has 0 bridgehead atoms. The fraction of sp³-hybridized carbons (Fsp3) is 0.588. The van der Waals surface area contributed by atoms with E-state index in [0.29, 0.717) is 6.42 Å². The second-order valence-corrected chi connectivity index (χ2v) is 6.35. The van der Waals surface area contributed by atoms with Crippen LogP contribution >= 0.6 is 0 Å². The molecule has 5 nitrogen and oxygen atoms in total. The van der Waals surface area contributed by atoms with Gasteiger partial charge in [-0.05, 0) is 43.2 Å². The second-order valence-electron chi connectivity index (χ2n) is 6.35. The van der Waals surface area contributed by atoms with E-state index in [2.05, 4.69) is 10.8 Å². The average molecular weight is 304 g/mol. The predicted octanol–water partition coefficient (Wildman–Crippen LogP) is 2.38. The predicted molar refractivity (Wildman–Crippen MR) is 83.2 cm³/mol. The number of aryl methyl sites for hydroxylation is 1. The lowest BCUT2D eigenvalue weighted by molar-refractivity contribution is -0.00591. The number of hydrogen-bond acceptors (Lipinski definition) is 3. The van der Waals surface area contributed by atoms with Gasteiger partial charge in [-0.1, -0.05) is 37.1 Å². The number of rotatable bonds is 4. The van der Waals surface area contributed by atoms with Crippen LogP contribution in [0.3, 0.4) is 0 Å². The Hall–Kier alpha value is -1.59. The van der Waals surface area contributed by atoms with Crippen LogP contribution in [0.5, 0.6) is 0 Å². The van der Waals surface area contributed by atoms with E-state index >= 15 is 0 Å². The van der Waals surface area contributed by atoms with Gasteiger partial charge in [0, 0.05) is 0 Å². The molecule has 22 heavy (non-hydrogen) atoms. The Morgan fingerprint density at radius 1 is 1.27 bits per heavy atom. The van der Waals surface area contributed by atoms with Gasteiger partial charge in [0.05, 0.1) is 12.6 Å². The summed E-state index contributed by atoms with van der Waals surface area (Å²) in [7, 11) is 0. The van der Waals surface area contributed by atoms with Crippen LogP contribution in [0.1, 0.15) is 49.7 Å². The van der Waals surface area contributed by atoms with Crippen molar-refractivity contribution in [2.75, 3.05) is 6.54 Å². The maximum absolute atomic E-state index is 11.8. The lowest BCUT2D eigenvalue weighted by atomic mass is 9.79. The van der Waals surface area contributed by atoms with Gasteiger partial charge in [-0.3, -0.25) is 4.84 Å². The van der Waals surface area contributed by atoms with Crippen LogP contribution in [-0.4, -0.2) is 23.8 Å². The Balaban J connectivity index is 1.53. The smallest absolute Gasteiger partial charge is 0.338 e. The second kappa shape index (κ2) is 6.67. The van der Waals surface area contributed by atoms with Crippen LogP contribution in [0, 0.1) is 0 Å². The van der Waals surface area contributed by atoms with Crippen molar-refractivity contribution in [3.05, 3.63) is 35.4 Å². The van der Waals surface area contributed by atoms with Crippen molar-refractivity contribution < 1.29 is 14.7 Å². The van der Waals surface area contributed by atoms with Crippen LogP contribution in [-0.2, 0) is 16.9 Å². The van der Waals surface area contributed by atoms with Crippen LogP contribution in [0.15, 0.2) is 24.3 Å². The molecule has 3 N–H and O–H groups in total. The Labute approximate surface area is 131 Å². The van der Waals surface area contributed by atoms with E-state index < -0.39 is 5.60 Å². The highest BCUT2D eigenvalue weighted by atomic mass is 16.7. The zero-order valence-electron chi connectivity index (χ0n) is 12.8. The zero-order chi connectivity index (χ0) is 15.4. The molecule has 1 aromatic rings. The standard InChI is InChI=1S/C17H24N2O3/c20-16(19-22-14-8-2-3-9-14)18-12-17(21)11-5-7-13-6-1-4-10-15(13)17/h1,4,6,10,14,21H,2-3,5,7-9,11-12H2,(H2,18,19,20). The molecule has 0 radical (unpaired) electrons. The maximum atomic E-state index is 11.8. The molecule has 120 valence electrons. The Bertz CT molecular complexity index is 528. The molecule has 1 atom stereocenters. The maximum Gasteiger partial charge on any atom is 0.338 e. The lowest BCUT2D eigenvalue weighted by Crippen LogP contribution is -2.46. The third kappa shape index (κ3) is 3.42. The van der Waals surface area contributed by atoms with Crippen LogP contribution in [0.4, 0.5) is 4.79 Å².